The topological polar surface area (TPSA) is 91.7 Å². The summed E-state index contributed by atoms with van der Waals surface area (Å²) in [6.45, 7) is 6.10. The highest BCUT2D eigenvalue weighted by molar-refractivity contribution is 5.92. The molecule has 6 nitrogen and oxygen atoms in total. The molecule has 0 radical (unpaired) electrons. The van der Waals surface area contributed by atoms with Gasteiger partial charge in [0.2, 0.25) is 0 Å². The number of amides is 1. The predicted octanol–water partition coefficient (Wildman–Crippen LogP) is 0.394. The molecule has 1 amide bonds. The molecule has 1 aromatic heterocycles. The van der Waals surface area contributed by atoms with Crippen LogP contribution in [0, 0.1) is 12.8 Å². The van der Waals surface area contributed by atoms with Crippen LogP contribution in [0.1, 0.15) is 35.2 Å². The number of nitrogens with two attached hydrogens (primary N) is 1. The third kappa shape index (κ3) is 3.15. The van der Waals surface area contributed by atoms with Gasteiger partial charge in [0.1, 0.15) is 5.76 Å². The van der Waals surface area contributed by atoms with Crippen LogP contribution < -0.4 is 11.3 Å². The van der Waals surface area contributed by atoms with Gasteiger partial charge in [-0.25, -0.2) is 5.84 Å². The quantitative estimate of drug-likeness (QED) is 0.417. The number of likely N-dealkylation sites (tertiary alicyclic amines) is 1. The number of hydrogen-bond donors (Lipinski definition) is 3. The Labute approximate surface area is 112 Å². The fourth-order valence-electron chi connectivity index (χ4n) is 2.54. The highest BCUT2D eigenvalue weighted by Crippen LogP contribution is 2.23. The summed E-state index contributed by atoms with van der Waals surface area (Å²) in [5.41, 5.74) is 2.85. The van der Waals surface area contributed by atoms with E-state index in [9.17, 15) is 9.90 Å². The van der Waals surface area contributed by atoms with Crippen LogP contribution >= 0.6 is 0 Å². The Balaban J connectivity index is 1.99. The molecular formula is C13H21N3O3. The standard InChI is InChI=1S/C13H21N3O3/c1-8-5-11(19-12(8)13(18)15-14)7-16-4-3-10(6-16)9(2)17/h5,9-10,17H,3-4,6-7,14H2,1-2H3,(H,15,18). The van der Waals surface area contributed by atoms with Crippen molar-refractivity contribution < 1.29 is 14.3 Å². The Morgan fingerprint density at radius 3 is 3.05 bits per heavy atom. The molecule has 2 heterocycles. The van der Waals surface area contributed by atoms with Crippen molar-refractivity contribution in [1.29, 1.82) is 0 Å². The van der Waals surface area contributed by atoms with Gasteiger partial charge in [-0.2, -0.15) is 0 Å². The minimum absolute atomic E-state index is 0.267. The average molecular weight is 267 g/mol. The zero-order valence-electron chi connectivity index (χ0n) is 11.3. The number of aliphatic hydroxyl groups is 1. The van der Waals surface area contributed by atoms with E-state index in [2.05, 4.69) is 10.3 Å². The van der Waals surface area contributed by atoms with Gasteiger partial charge in [-0.15, -0.1) is 0 Å². The van der Waals surface area contributed by atoms with Crippen LogP contribution in [0.2, 0.25) is 0 Å². The van der Waals surface area contributed by atoms with E-state index in [-0.39, 0.29) is 11.9 Å². The van der Waals surface area contributed by atoms with Crippen molar-refractivity contribution in [2.45, 2.75) is 32.9 Å². The van der Waals surface area contributed by atoms with Crippen molar-refractivity contribution >= 4 is 5.91 Å². The Morgan fingerprint density at radius 2 is 2.47 bits per heavy atom. The number of rotatable bonds is 4. The van der Waals surface area contributed by atoms with Gasteiger partial charge in [-0.05, 0) is 38.8 Å². The van der Waals surface area contributed by atoms with Gasteiger partial charge in [0.15, 0.2) is 5.76 Å². The maximum atomic E-state index is 11.4. The van der Waals surface area contributed by atoms with E-state index < -0.39 is 5.91 Å². The van der Waals surface area contributed by atoms with Crippen molar-refractivity contribution in [1.82, 2.24) is 10.3 Å². The highest BCUT2D eigenvalue weighted by atomic mass is 16.4. The molecule has 1 aliphatic heterocycles. The number of hydrazine groups is 1. The lowest BCUT2D eigenvalue weighted by atomic mass is 10.0. The summed E-state index contributed by atoms with van der Waals surface area (Å²) in [6, 6.07) is 1.86. The summed E-state index contributed by atoms with van der Waals surface area (Å²) in [5.74, 6) is 6.03. The fourth-order valence-corrected chi connectivity index (χ4v) is 2.54. The van der Waals surface area contributed by atoms with Gasteiger partial charge in [-0.3, -0.25) is 15.1 Å². The third-order valence-electron chi connectivity index (χ3n) is 3.68. The minimum Gasteiger partial charge on any atom is -0.454 e. The third-order valence-corrected chi connectivity index (χ3v) is 3.68. The molecule has 0 aliphatic carbocycles. The zero-order chi connectivity index (χ0) is 14.0. The van der Waals surface area contributed by atoms with Crippen LogP contribution in [0.15, 0.2) is 10.5 Å². The number of aliphatic hydroxyl groups excluding tert-OH is 1. The van der Waals surface area contributed by atoms with Crippen molar-refractivity contribution in [3.8, 4) is 0 Å². The monoisotopic (exact) mass is 267 g/mol. The Bertz CT molecular complexity index is 456. The van der Waals surface area contributed by atoms with Crippen LogP contribution in [0.3, 0.4) is 0 Å². The van der Waals surface area contributed by atoms with Crippen LogP contribution in [0.4, 0.5) is 0 Å². The van der Waals surface area contributed by atoms with E-state index >= 15 is 0 Å². The van der Waals surface area contributed by atoms with E-state index in [0.717, 1.165) is 30.8 Å². The van der Waals surface area contributed by atoms with Gasteiger partial charge in [0.05, 0.1) is 12.6 Å². The first-order valence-electron chi connectivity index (χ1n) is 6.52. The molecule has 1 saturated heterocycles. The molecule has 4 N–H and O–H groups in total. The molecule has 1 fully saturated rings. The molecule has 1 aromatic rings. The lowest BCUT2D eigenvalue weighted by Gasteiger charge is -2.15. The van der Waals surface area contributed by atoms with Gasteiger partial charge >= 0.3 is 5.91 Å². The molecule has 1 aliphatic rings. The van der Waals surface area contributed by atoms with Crippen LogP contribution in [0.25, 0.3) is 0 Å². The second-order valence-corrected chi connectivity index (χ2v) is 5.22. The Hall–Kier alpha value is -1.37. The first kappa shape index (κ1) is 14.0. The summed E-state index contributed by atoms with van der Waals surface area (Å²) in [7, 11) is 0. The van der Waals surface area contributed by atoms with E-state index in [1.807, 2.05) is 19.9 Å². The Kier molecular flexibility index (Phi) is 4.24. The Morgan fingerprint density at radius 1 is 1.74 bits per heavy atom. The number of hydrogen-bond acceptors (Lipinski definition) is 5. The molecule has 19 heavy (non-hydrogen) atoms. The molecule has 0 spiro atoms. The van der Waals surface area contributed by atoms with E-state index in [0.29, 0.717) is 12.5 Å². The summed E-state index contributed by atoms with van der Waals surface area (Å²) >= 11 is 0. The predicted molar refractivity (Wildman–Crippen MR) is 70.2 cm³/mol. The number of furan rings is 1. The van der Waals surface area contributed by atoms with Gasteiger partial charge < -0.3 is 9.52 Å². The number of aryl methyl sites for hydroxylation is 1. The van der Waals surface area contributed by atoms with Crippen molar-refractivity contribution in [3.63, 3.8) is 0 Å². The second-order valence-electron chi connectivity index (χ2n) is 5.22. The highest BCUT2D eigenvalue weighted by Gasteiger charge is 2.27. The van der Waals surface area contributed by atoms with Crippen LogP contribution in [0.5, 0.6) is 0 Å². The second kappa shape index (κ2) is 5.73. The number of nitrogens with zero attached hydrogens (tertiary/aromatic N) is 1. The smallest absolute Gasteiger partial charge is 0.301 e. The first-order valence-corrected chi connectivity index (χ1v) is 6.52. The first-order chi connectivity index (χ1) is 9.01. The molecule has 2 atom stereocenters. The molecule has 2 unspecified atom stereocenters. The molecule has 6 heteroatoms. The van der Waals surface area contributed by atoms with Crippen LogP contribution in [-0.2, 0) is 6.54 Å². The molecule has 106 valence electrons. The molecule has 2 rings (SSSR count). The number of carbonyl (C=O) groups excluding carboxylic acids is 1. The summed E-state index contributed by atoms with van der Waals surface area (Å²) in [6.07, 6.45) is 0.718. The van der Waals surface area contributed by atoms with Gasteiger partial charge in [0.25, 0.3) is 0 Å². The molecule has 0 bridgehead atoms. The number of carbonyl (C=O) groups is 1. The minimum atomic E-state index is -0.410. The zero-order valence-corrected chi connectivity index (χ0v) is 11.3. The lowest BCUT2D eigenvalue weighted by molar-refractivity contribution is 0.0921. The van der Waals surface area contributed by atoms with E-state index in [4.69, 9.17) is 10.3 Å². The van der Waals surface area contributed by atoms with Gasteiger partial charge in [-0.1, -0.05) is 0 Å². The van der Waals surface area contributed by atoms with E-state index in [1.165, 1.54) is 0 Å². The maximum Gasteiger partial charge on any atom is 0.301 e. The molecule has 0 saturated carbocycles. The number of nitrogens with one attached hydrogen (secondary N) is 1. The summed E-state index contributed by atoms with van der Waals surface area (Å²) in [5, 5.41) is 9.57. The van der Waals surface area contributed by atoms with E-state index in [1.54, 1.807) is 0 Å². The molecular weight excluding hydrogens is 246 g/mol. The largest absolute Gasteiger partial charge is 0.454 e. The molecule has 0 aromatic carbocycles. The normalized spacial score (nSPS) is 21.6. The van der Waals surface area contributed by atoms with Crippen molar-refractivity contribution in [2.75, 3.05) is 13.1 Å². The van der Waals surface area contributed by atoms with Crippen molar-refractivity contribution in [3.05, 3.63) is 23.2 Å². The van der Waals surface area contributed by atoms with Gasteiger partial charge in [0, 0.05) is 12.1 Å². The van der Waals surface area contributed by atoms with Crippen molar-refractivity contribution in [2.24, 2.45) is 11.8 Å². The lowest BCUT2D eigenvalue weighted by Crippen LogP contribution is -2.30. The fraction of sp³-hybridized carbons (Fsp3) is 0.615. The summed E-state index contributed by atoms with van der Waals surface area (Å²) in [4.78, 5) is 13.7. The van der Waals surface area contributed by atoms with Crippen LogP contribution in [-0.4, -0.2) is 35.1 Å². The summed E-state index contributed by atoms with van der Waals surface area (Å²) < 4.78 is 5.53. The average Bonchev–Trinajstić information content (AvgIpc) is 2.96. The number of nitrogen functional groups attached to an aromatic ring is 1. The maximum absolute atomic E-state index is 11.4. The SMILES string of the molecule is Cc1cc(CN2CCC(C(C)O)C2)oc1C(=O)NN.